The third kappa shape index (κ3) is 1.44. The van der Waals surface area contributed by atoms with Crippen LogP contribution < -0.4 is 15.8 Å². The predicted molar refractivity (Wildman–Crippen MR) is 57.5 cm³/mol. The second-order valence-electron chi connectivity index (χ2n) is 4.11. The quantitative estimate of drug-likeness (QED) is 0.657. The van der Waals surface area contributed by atoms with Crippen LogP contribution in [0.3, 0.4) is 0 Å². The van der Waals surface area contributed by atoms with Gasteiger partial charge in [0.05, 0.1) is 11.2 Å². The smallest absolute Gasteiger partial charge is 0.145 e. The van der Waals surface area contributed by atoms with Gasteiger partial charge in [-0.2, -0.15) is 0 Å². The number of anilines is 1. The van der Waals surface area contributed by atoms with Crippen LogP contribution in [0.25, 0.3) is 0 Å². The molecule has 1 aliphatic rings. The number of nitrogens with two attached hydrogens (primary N) is 1. The fraction of sp³-hybridized carbons (Fsp3) is 0.455. The highest BCUT2D eigenvalue weighted by atomic mass is 16.5. The van der Waals surface area contributed by atoms with Crippen molar-refractivity contribution < 1.29 is 4.74 Å². The van der Waals surface area contributed by atoms with E-state index in [2.05, 4.69) is 18.3 Å². The van der Waals surface area contributed by atoms with E-state index in [1.807, 2.05) is 19.2 Å². The number of nitrogens with one attached hydrogen (secondary N) is 1. The zero-order chi connectivity index (χ0) is 10.2. The van der Waals surface area contributed by atoms with Gasteiger partial charge in [0.15, 0.2) is 0 Å². The summed E-state index contributed by atoms with van der Waals surface area (Å²) in [5.41, 5.74) is 7.78. The first-order chi connectivity index (χ1) is 6.64. The average Bonchev–Trinajstić information content (AvgIpc) is 2.18. The van der Waals surface area contributed by atoms with E-state index in [0.717, 1.165) is 17.9 Å². The largest absolute Gasteiger partial charge is 0.489 e. The summed E-state index contributed by atoms with van der Waals surface area (Å²) in [7, 11) is 1.96. The van der Waals surface area contributed by atoms with Crippen molar-refractivity contribution in [2.75, 3.05) is 19.4 Å². The number of hydrogen-bond acceptors (Lipinski definition) is 3. The molecule has 0 aromatic heterocycles. The second-order valence-corrected chi connectivity index (χ2v) is 4.11. The maximum absolute atomic E-state index is 5.83. The molecule has 2 rings (SSSR count). The molecule has 3 heteroatoms. The summed E-state index contributed by atoms with van der Waals surface area (Å²) in [6.07, 6.45) is 0.962. The third-order valence-corrected chi connectivity index (χ3v) is 2.85. The SMILES string of the molecule is CNC1(C)COc2c(N)cccc2C1. The Morgan fingerprint density at radius 3 is 3.00 bits per heavy atom. The standard InChI is InChI=1S/C11H16N2O/c1-11(13-2)6-8-4-3-5-9(12)10(8)14-7-11/h3-5,13H,6-7,12H2,1-2H3. The zero-order valence-corrected chi connectivity index (χ0v) is 8.63. The van der Waals surface area contributed by atoms with E-state index in [1.165, 1.54) is 5.56 Å². The topological polar surface area (TPSA) is 47.3 Å². The van der Waals surface area contributed by atoms with E-state index in [9.17, 15) is 0 Å². The van der Waals surface area contributed by atoms with Gasteiger partial charge in [0.2, 0.25) is 0 Å². The minimum Gasteiger partial charge on any atom is -0.489 e. The highest BCUT2D eigenvalue weighted by Gasteiger charge is 2.30. The van der Waals surface area contributed by atoms with Crippen LogP contribution in [0.4, 0.5) is 5.69 Å². The molecule has 1 heterocycles. The van der Waals surface area contributed by atoms with Crippen molar-refractivity contribution in [2.24, 2.45) is 0 Å². The Morgan fingerprint density at radius 2 is 2.29 bits per heavy atom. The van der Waals surface area contributed by atoms with Gasteiger partial charge in [0.1, 0.15) is 12.4 Å². The van der Waals surface area contributed by atoms with Gasteiger partial charge in [-0.25, -0.2) is 0 Å². The molecule has 1 atom stereocenters. The first-order valence-electron chi connectivity index (χ1n) is 4.84. The van der Waals surface area contributed by atoms with Crippen LogP contribution >= 0.6 is 0 Å². The fourth-order valence-corrected chi connectivity index (χ4v) is 1.78. The summed E-state index contributed by atoms with van der Waals surface area (Å²) in [5.74, 6) is 0.861. The van der Waals surface area contributed by atoms with Gasteiger partial charge in [-0.05, 0) is 32.0 Å². The molecule has 0 radical (unpaired) electrons. The van der Waals surface area contributed by atoms with Crippen LogP contribution in [0.15, 0.2) is 18.2 Å². The first kappa shape index (κ1) is 9.34. The molecule has 0 spiro atoms. The summed E-state index contributed by atoms with van der Waals surface area (Å²) in [6.45, 7) is 2.82. The normalized spacial score (nSPS) is 25.3. The number of likely N-dealkylation sites (N-methyl/N-ethyl adjacent to an activating group) is 1. The number of benzene rings is 1. The molecule has 3 nitrogen and oxygen atoms in total. The lowest BCUT2D eigenvalue weighted by molar-refractivity contribution is 0.179. The maximum Gasteiger partial charge on any atom is 0.145 e. The summed E-state index contributed by atoms with van der Waals surface area (Å²) >= 11 is 0. The van der Waals surface area contributed by atoms with E-state index in [4.69, 9.17) is 10.5 Å². The molecule has 0 fully saturated rings. The maximum atomic E-state index is 5.83. The number of hydrogen-bond donors (Lipinski definition) is 2. The van der Waals surface area contributed by atoms with Crippen molar-refractivity contribution in [1.82, 2.24) is 5.32 Å². The van der Waals surface area contributed by atoms with E-state index in [-0.39, 0.29) is 5.54 Å². The number of ether oxygens (including phenoxy) is 1. The van der Waals surface area contributed by atoms with Gasteiger partial charge < -0.3 is 15.8 Å². The van der Waals surface area contributed by atoms with E-state index >= 15 is 0 Å². The minimum absolute atomic E-state index is 0.0286. The van der Waals surface area contributed by atoms with Gasteiger partial charge in [-0.1, -0.05) is 12.1 Å². The Bertz CT molecular complexity index is 351. The van der Waals surface area contributed by atoms with Crippen LogP contribution in [-0.2, 0) is 6.42 Å². The van der Waals surface area contributed by atoms with E-state index in [1.54, 1.807) is 0 Å². The molecule has 1 aliphatic heterocycles. The van der Waals surface area contributed by atoms with Crippen molar-refractivity contribution in [1.29, 1.82) is 0 Å². The molecule has 0 amide bonds. The molecule has 76 valence electrons. The number of para-hydroxylation sites is 1. The van der Waals surface area contributed by atoms with Crippen molar-refractivity contribution in [3.8, 4) is 5.75 Å². The lowest BCUT2D eigenvalue weighted by Gasteiger charge is -2.35. The molecule has 1 aromatic carbocycles. The summed E-state index contributed by atoms with van der Waals surface area (Å²) in [5, 5.41) is 3.27. The molecule has 0 aliphatic carbocycles. The van der Waals surface area contributed by atoms with Gasteiger partial charge in [0.25, 0.3) is 0 Å². The van der Waals surface area contributed by atoms with Crippen LogP contribution in [0.1, 0.15) is 12.5 Å². The molecule has 0 saturated carbocycles. The van der Waals surface area contributed by atoms with E-state index in [0.29, 0.717) is 6.61 Å². The Hall–Kier alpha value is -1.22. The highest BCUT2D eigenvalue weighted by molar-refractivity contribution is 5.58. The molecule has 0 saturated heterocycles. The van der Waals surface area contributed by atoms with Crippen LogP contribution in [-0.4, -0.2) is 19.2 Å². The van der Waals surface area contributed by atoms with Crippen molar-refractivity contribution in [3.05, 3.63) is 23.8 Å². The Morgan fingerprint density at radius 1 is 1.50 bits per heavy atom. The van der Waals surface area contributed by atoms with Gasteiger partial charge in [0, 0.05) is 0 Å². The molecule has 1 aromatic rings. The molecule has 3 N–H and O–H groups in total. The Labute approximate surface area is 84.3 Å². The van der Waals surface area contributed by atoms with Gasteiger partial charge >= 0.3 is 0 Å². The Balaban J connectivity index is 2.36. The van der Waals surface area contributed by atoms with Crippen LogP contribution in [0.5, 0.6) is 5.75 Å². The second kappa shape index (κ2) is 3.17. The number of rotatable bonds is 1. The van der Waals surface area contributed by atoms with Crippen molar-refractivity contribution in [3.63, 3.8) is 0 Å². The minimum atomic E-state index is 0.0286. The Kier molecular flexibility index (Phi) is 2.11. The van der Waals surface area contributed by atoms with Crippen molar-refractivity contribution >= 4 is 5.69 Å². The number of fused-ring (bicyclic) bond motifs is 1. The zero-order valence-electron chi connectivity index (χ0n) is 8.63. The highest BCUT2D eigenvalue weighted by Crippen LogP contribution is 2.33. The predicted octanol–water partition coefficient (Wildman–Crippen LogP) is 1.18. The molecule has 0 bridgehead atoms. The van der Waals surface area contributed by atoms with Gasteiger partial charge in [-0.15, -0.1) is 0 Å². The van der Waals surface area contributed by atoms with E-state index < -0.39 is 0 Å². The summed E-state index contributed by atoms with van der Waals surface area (Å²) in [4.78, 5) is 0. The monoisotopic (exact) mass is 192 g/mol. The van der Waals surface area contributed by atoms with Crippen LogP contribution in [0, 0.1) is 0 Å². The fourth-order valence-electron chi connectivity index (χ4n) is 1.78. The van der Waals surface area contributed by atoms with Gasteiger partial charge in [-0.3, -0.25) is 0 Å². The molecule has 1 unspecified atom stereocenters. The first-order valence-corrected chi connectivity index (χ1v) is 4.84. The number of nitrogen functional groups attached to an aromatic ring is 1. The van der Waals surface area contributed by atoms with Crippen molar-refractivity contribution in [2.45, 2.75) is 18.9 Å². The lowest BCUT2D eigenvalue weighted by atomic mass is 9.90. The molecular weight excluding hydrogens is 176 g/mol. The summed E-state index contributed by atoms with van der Waals surface area (Å²) in [6, 6.07) is 5.92. The van der Waals surface area contributed by atoms with Crippen LogP contribution in [0.2, 0.25) is 0 Å². The average molecular weight is 192 g/mol. The molecule has 14 heavy (non-hydrogen) atoms. The lowest BCUT2D eigenvalue weighted by Crippen LogP contribution is -2.49. The summed E-state index contributed by atoms with van der Waals surface area (Å²) < 4.78 is 5.67. The third-order valence-electron chi connectivity index (χ3n) is 2.85. The molecular formula is C11H16N2O.